The predicted molar refractivity (Wildman–Crippen MR) is 69.0 cm³/mol. The van der Waals surface area contributed by atoms with E-state index in [2.05, 4.69) is 4.98 Å². The summed E-state index contributed by atoms with van der Waals surface area (Å²) in [4.78, 5) is 15.6. The Morgan fingerprint density at radius 1 is 1.58 bits per heavy atom. The molecular formula is C12H7FN2O2S2. The summed E-state index contributed by atoms with van der Waals surface area (Å²) in [5, 5.41) is 17.8. The maximum Gasteiger partial charge on any atom is 0.347 e. The fraction of sp³-hybridized carbons (Fsp3) is 0.0833. The Morgan fingerprint density at radius 3 is 2.89 bits per heavy atom. The van der Waals surface area contributed by atoms with Gasteiger partial charge in [-0.1, -0.05) is 17.8 Å². The van der Waals surface area contributed by atoms with Crippen LogP contribution in [0.4, 0.5) is 4.39 Å². The first-order valence-corrected chi connectivity index (χ1v) is 6.73. The minimum absolute atomic E-state index is 0.0581. The lowest BCUT2D eigenvalue weighted by Gasteiger charge is -2.01. The molecule has 0 unspecified atom stereocenters. The maximum atomic E-state index is 13.4. The lowest BCUT2D eigenvalue weighted by molar-refractivity contribution is 0.0701. The second kappa shape index (κ2) is 5.38. The highest BCUT2D eigenvalue weighted by Gasteiger charge is 2.16. The summed E-state index contributed by atoms with van der Waals surface area (Å²) in [6.07, 6.45) is 0. The zero-order valence-electron chi connectivity index (χ0n) is 9.68. The van der Waals surface area contributed by atoms with Crippen molar-refractivity contribution in [3.05, 3.63) is 40.2 Å². The minimum atomic E-state index is -1.04. The third kappa shape index (κ3) is 2.75. The average Bonchev–Trinajstić information content (AvgIpc) is 2.71. The van der Waals surface area contributed by atoms with Crippen molar-refractivity contribution in [1.29, 1.82) is 5.26 Å². The number of thiazole rings is 1. The first kappa shape index (κ1) is 13.5. The summed E-state index contributed by atoms with van der Waals surface area (Å²) in [5.74, 6) is -1.64. The van der Waals surface area contributed by atoms with Crippen LogP contribution in [0.3, 0.4) is 0 Å². The summed E-state index contributed by atoms with van der Waals surface area (Å²) < 4.78 is 13.9. The fourth-order valence-corrected chi connectivity index (χ4v) is 3.49. The highest BCUT2D eigenvalue weighted by atomic mass is 32.2. The van der Waals surface area contributed by atoms with E-state index in [1.165, 1.54) is 12.1 Å². The van der Waals surface area contributed by atoms with Crippen LogP contribution < -0.4 is 0 Å². The molecule has 2 rings (SSSR count). The van der Waals surface area contributed by atoms with E-state index < -0.39 is 11.8 Å². The molecule has 0 bridgehead atoms. The van der Waals surface area contributed by atoms with Gasteiger partial charge in [-0.3, -0.25) is 0 Å². The Labute approximate surface area is 116 Å². The van der Waals surface area contributed by atoms with Gasteiger partial charge in [-0.25, -0.2) is 14.2 Å². The highest BCUT2D eigenvalue weighted by molar-refractivity contribution is 8.01. The van der Waals surface area contributed by atoms with E-state index in [4.69, 9.17) is 10.4 Å². The standard InChI is InChI=1S/C12H7FN2O2S2/c1-6-10(11(16)17)19-12(15-6)18-9-4-2-3-8(13)7(9)5-14/h2-4H,1H3,(H,16,17). The number of halogens is 1. The van der Waals surface area contributed by atoms with Crippen LogP contribution in [0, 0.1) is 24.1 Å². The first-order valence-electron chi connectivity index (χ1n) is 5.10. The SMILES string of the molecule is Cc1nc(Sc2cccc(F)c2C#N)sc1C(=O)O. The summed E-state index contributed by atoms with van der Waals surface area (Å²) in [5.41, 5.74) is 0.354. The summed E-state index contributed by atoms with van der Waals surface area (Å²) in [7, 11) is 0. The van der Waals surface area contributed by atoms with Gasteiger partial charge in [0.2, 0.25) is 0 Å². The van der Waals surface area contributed by atoms with E-state index in [1.807, 2.05) is 0 Å². The van der Waals surface area contributed by atoms with Crippen molar-refractivity contribution in [2.45, 2.75) is 16.2 Å². The number of rotatable bonds is 3. The molecule has 0 aliphatic rings. The summed E-state index contributed by atoms with van der Waals surface area (Å²) >= 11 is 2.09. The molecule has 0 atom stereocenters. The number of nitriles is 1. The second-order valence-corrected chi connectivity index (χ2v) is 5.81. The molecule has 4 nitrogen and oxygen atoms in total. The number of carboxylic acids is 1. The van der Waals surface area contributed by atoms with Crippen molar-refractivity contribution in [2.75, 3.05) is 0 Å². The van der Waals surface area contributed by atoms with Gasteiger partial charge >= 0.3 is 5.97 Å². The average molecular weight is 294 g/mol. The smallest absolute Gasteiger partial charge is 0.347 e. The number of carbonyl (C=O) groups is 1. The van der Waals surface area contributed by atoms with Crippen LogP contribution in [0.15, 0.2) is 27.4 Å². The van der Waals surface area contributed by atoms with Crippen molar-refractivity contribution >= 4 is 29.1 Å². The van der Waals surface area contributed by atoms with E-state index in [0.29, 0.717) is 14.9 Å². The maximum absolute atomic E-state index is 13.4. The molecule has 0 aliphatic carbocycles. The number of benzene rings is 1. The van der Waals surface area contributed by atoms with Crippen molar-refractivity contribution in [1.82, 2.24) is 4.98 Å². The molecule has 1 heterocycles. The lowest BCUT2D eigenvalue weighted by atomic mass is 10.2. The van der Waals surface area contributed by atoms with Crippen LogP contribution in [-0.4, -0.2) is 16.1 Å². The zero-order valence-corrected chi connectivity index (χ0v) is 11.3. The molecule has 19 heavy (non-hydrogen) atoms. The molecule has 1 N–H and O–H groups in total. The van der Waals surface area contributed by atoms with Gasteiger partial charge in [0.15, 0.2) is 4.34 Å². The summed E-state index contributed by atoms with van der Waals surface area (Å²) in [6.45, 7) is 1.60. The lowest BCUT2D eigenvalue weighted by Crippen LogP contribution is -1.94. The Hall–Kier alpha value is -1.91. The van der Waals surface area contributed by atoms with Gasteiger partial charge in [0.05, 0.1) is 5.69 Å². The Morgan fingerprint density at radius 2 is 2.32 bits per heavy atom. The zero-order chi connectivity index (χ0) is 14.0. The number of aryl methyl sites for hydroxylation is 1. The monoisotopic (exact) mass is 294 g/mol. The van der Waals surface area contributed by atoms with Gasteiger partial charge in [-0.05, 0) is 19.1 Å². The molecule has 0 spiro atoms. The molecule has 0 aliphatic heterocycles. The molecule has 1 aromatic carbocycles. The molecule has 2 aromatic rings. The third-order valence-electron chi connectivity index (χ3n) is 2.26. The van der Waals surface area contributed by atoms with E-state index >= 15 is 0 Å². The number of hydrogen-bond acceptors (Lipinski definition) is 5. The van der Waals surface area contributed by atoms with E-state index in [-0.39, 0.29) is 10.4 Å². The molecule has 0 fully saturated rings. The molecule has 1 aromatic heterocycles. The molecular weight excluding hydrogens is 287 g/mol. The van der Waals surface area contributed by atoms with Crippen molar-refractivity contribution < 1.29 is 14.3 Å². The van der Waals surface area contributed by atoms with Gasteiger partial charge in [-0.15, -0.1) is 11.3 Å². The number of hydrogen-bond donors (Lipinski definition) is 1. The molecule has 0 saturated heterocycles. The number of carboxylic acid groups (broad SMARTS) is 1. The van der Waals surface area contributed by atoms with Crippen LogP contribution in [0.5, 0.6) is 0 Å². The van der Waals surface area contributed by atoms with E-state index in [0.717, 1.165) is 23.1 Å². The highest BCUT2D eigenvalue weighted by Crippen LogP contribution is 2.35. The van der Waals surface area contributed by atoms with Crippen LogP contribution >= 0.6 is 23.1 Å². The van der Waals surface area contributed by atoms with E-state index in [1.54, 1.807) is 19.1 Å². The van der Waals surface area contributed by atoms with Crippen molar-refractivity contribution in [2.24, 2.45) is 0 Å². The Bertz CT molecular complexity index is 692. The Balaban J connectivity index is 2.37. The number of aromatic nitrogens is 1. The summed E-state index contributed by atoms with van der Waals surface area (Å²) in [6, 6.07) is 6.10. The molecule has 7 heteroatoms. The van der Waals surface area contributed by atoms with Crippen LogP contribution in [-0.2, 0) is 0 Å². The second-order valence-electron chi connectivity index (χ2n) is 3.53. The molecule has 0 amide bonds. The van der Waals surface area contributed by atoms with Crippen molar-refractivity contribution in [3.63, 3.8) is 0 Å². The first-order chi connectivity index (χ1) is 9.02. The molecule has 0 saturated carbocycles. The quantitative estimate of drug-likeness (QED) is 0.940. The number of aromatic carboxylic acids is 1. The minimum Gasteiger partial charge on any atom is -0.477 e. The van der Waals surface area contributed by atoms with Gasteiger partial charge in [-0.2, -0.15) is 5.26 Å². The Kier molecular flexibility index (Phi) is 3.83. The van der Waals surface area contributed by atoms with Crippen LogP contribution in [0.2, 0.25) is 0 Å². The number of nitrogens with zero attached hydrogens (tertiary/aromatic N) is 2. The third-order valence-corrected chi connectivity index (χ3v) is 4.52. The topological polar surface area (TPSA) is 74.0 Å². The normalized spacial score (nSPS) is 10.2. The van der Waals surface area contributed by atoms with Gasteiger partial charge in [0.25, 0.3) is 0 Å². The van der Waals surface area contributed by atoms with Crippen molar-refractivity contribution in [3.8, 4) is 6.07 Å². The van der Waals surface area contributed by atoms with E-state index in [9.17, 15) is 9.18 Å². The van der Waals surface area contributed by atoms with Gasteiger partial charge in [0.1, 0.15) is 22.3 Å². The van der Waals surface area contributed by atoms with Gasteiger partial charge in [0, 0.05) is 4.90 Å². The molecule has 96 valence electrons. The fourth-order valence-electron chi connectivity index (χ4n) is 1.41. The largest absolute Gasteiger partial charge is 0.477 e. The predicted octanol–water partition coefficient (Wildman–Crippen LogP) is 3.31. The van der Waals surface area contributed by atoms with Crippen LogP contribution in [0.1, 0.15) is 20.9 Å². The molecule has 0 radical (unpaired) electrons. The van der Waals surface area contributed by atoms with Crippen LogP contribution in [0.25, 0.3) is 0 Å². The van der Waals surface area contributed by atoms with Gasteiger partial charge < -0.3 is 5.11 Å².